The summed E-state index contributed by atoms with van der Waals surface area (Å²) < 4.78 is 16.7. The molecule has 0 saturated heterocycles. The first-order chi connectivity index (χ1) is 27.8. The fourth-order valence-corrected chi connectivity index (χ4v) is 5.88. The molecule has 0 radical (unpaired) electrons. The zero-order valence-electron chi connectivity index (χ0n) is 35.3. The summed E-state index contributed by atoms with van der Waals surface area (Å²) in [5, 5.41) is 17.8. The lowest BCUT2D eigenvalue weighted by Gasteiger charge is -2.08. The number of carboxylic acid groups (broad SMARTS) is 1. The van der Waals surface area contributed by atoms with Crippen LogP contribution in [0.5, 0.6) is 23.0 Å². The van der Waals surface area contributed by atoms with Crippen LogP contribution in [0.1, 0.15) is 162 Å². The Balaban J connectivity index is 0.000000327. The lowest BCUT2D eigenvalue weighted by Crippen LogP contribution is -2.08. The molecule has 0 saturated carbocycles. The number of aromatic hydroxyl groups is 1. The van der Waals surface area contributed by atoms with E-state index < -0.39 is 5.97 Å². The molecule has 4 aromatic rings. The van der Waals surface area contributed by atoms with Crippen molar-refractivity contribution in [3.05, 3.63) is 119 Å². The maximum Gasteiger partial charge on any atom is 0.343 e. The van der Waals surface area contributed by atoms with Gasteiger partial charge in [0.05, 0.1) is 24.3 Å². The van der Waals surface area contributed by atoms with Gasteiger partial charge in [-0.3, -0.25) is 0 Å². The van der Waals surface area contributed by atoms with Gasteiger partial charge in [0, 0.05) is 0 Å². The quantitative estimate of drug-likeness (QED) is 0.0392. The van der Waals surface area contributed by atoms with Gasteiger partial charge in [-0.25, -0.2) is 9.59 Å². The standard InChI is InChI=1S/C25H34O3.C14H20O3.C11H16O/c1-3-5-7-8-10-20-27-23-18-14-22(15-19-23)25(26)28-24-16-12-21(13-17-24)11-9-6-4-2;1-2-3-4-5-6-11-17-13-9-7-12(8-10-13)14(15)16;1-2-3-4-5-10-6-8-11(12)9-7-10/h12-19H,3-11,20H2,1-2H3;7-10H,2-6,11H2,1H3,(H,15,16);6-9,12H,2-5H2,1H3. The molecule has 0 aliphatic heterocycles. The van der Waals surface area contributed by atoms with E-state index in [1.807, 2.05) is 48.5 Å². The highest BCUT2D eigenvalue weighted by atomic mass is 16.5. The fraction of sp³-hybridized carbons (Fsp3) is 0.480. The van der Waals surface area contributed by atoms with Crippen molar-refractivity contribution < 1.29 is 34.0 Å². The molecule has 0 heterocycles. The summed E-state index contributed by atoms with van der Waals surface area (Å²) in [5.74, 6) is 1.22. The van der Waals surface area contributed by atoms with E-state index in [1.165, 1.54) is 101 Å². The summed E-state index contributed by atoms with van der Waals surface area (Å²) in [6.45, 7) is 10.2. The first kappa shape index (κ1) is 48.4. The van der Waals surface area contributed by atoms with Gasteiger partial charge in [-0.1, -0.05) is 129 Å². The minimum atomic E-state index is -0.906. The van der Waals surface area contributed by atoms with Crippen molar-refractivity contribution in [2.24, 2.45) is 0 Å². The van der Waals surface area contributed by atoms with Gasteiger partial charge in [0.25, 0.3) is 0 Å². The van der Waals surface area contributed by atoms with Crippen LogP contribution in [0.3, 0.4) is 0 Å². The zero-order chi connectivity index (χ0) is 41.4. The van der Waals surface area contributed by atoms with Gasteiger partial charge >= 0.3 is 11.9 Å². The van der Waals surface area contributed by atoms with Gasteiger partial charge in [-0.05, 0) is 122 Å². The molecule has 7 nitrogen and oxygen atoms in total. The summed E-state index contributed by atoms with van der Waals surface area (Å²) in [7, 11) is 0. The Morgan fingerprint density at radius 2 is 0.807 bits per heavy atom. The Hall–Kier alpha value is -4.78. The number of phenolic OH excluding ortho intramolecular Hbond substituents is 1. The van der Waals surface area contributed by atoms with Gasteiger partial charge in [-0.15, -0.1) is 0 Å². The van der Waals surface area contributed by atoms with E-state index in [0.717, 1.165) is 43.8 Å². The van der Waals surface area contributed by atoms with Crippen molar-refractivity contribution in [3.63, 3.8) is 0 Å². The number of hydrogen-bond acceptors (Lipinski definition) is 6. The van der Waals surface area contributed by atoms with Gasteiger partial charge in [0.1, 0.15) is 23.0 Å². The Labute approximate surface area is 343 Å². The highest BCUT2D eigenvalue weighted by Gasteiger charge is 2.09. The van der Waals surface area contributed by atoms with Crippen molar-refractivity contribution in [1.29, 1.82) is 0 Å². The van der Waals surface area contributed by atoms with Gasteiger partial charge in [0.15, 0.2) is 0 Å². The number of esters is 1. The number of hydrogen-bond donors (Lipinski definition) is 2. The number of carboxylic acids is 1. The first-order valence-electron chi connectivity index (χ1n) is 21.6. The van der Waals surface area contributed by atoms with Crippen molar-refractivity contribution >= 4 is 11.9 Å². The van der Waals surface area contributed by atoms with Crippen LogP contribution in [0.4, 0.5) is 0 Å². The van der Waals surface area contributed by atoms with Crippen molar-refractivity contribution in [1.82, 2.24) is 0 Å². The van der Waals surface area contributed by atoms with Gasteiger partial charge < -0.3 is 24.4 Å². The third-order valence-corrected chi connectivity index (χ3v) is 9.43. The molecular weight excluding hydrogens is 713 g/mol. The number of carbonyl (C=O) groups excluding carboxylic acids is 1. The maximum absolute atomic E-state index is 12.3. The Morgan fingerprint density at radius 3 is 1.23 bits per heavy atom. The molecular formula is C50H70O7. The number of phenols is 1. The number of aromatic carboxylic acids is 1. The Kier molecular flexibility index (Phi) is 26.6. The molecule has 312 valence electrons. The molecule has 0 aliphatic rings. The predicted octanol–water partition coefficient (Wildman–Crippen LogP) is 13.8. The lowest BCUT2D eigenvalue weighted by molar-refractivity contribution is 0.0694. The molecule has 2 N–H and O–H groups in total. The fourth-order valence-electron chi connectivity index (χ4n) is 5.88. The van der Waals surface area contributed by atoms with E-state index in [-0.39, 0.29) is 5.97 Å². The summed E-state index contributed by atoms with van der Waals surface area (Å²) >= 11 is 0. The number of benzene rings is 4. The molecule has 0 aliphatic carbocycles. The van der Waals surface area contributed by atoms with E-state index in [9.17, 15) is 9.59 Å². The molecule has 0 unspecified atom stereocenters. The molecule has 0 bridgehead atoms. The van der Waals surface area contributed by atoms with Crippen LogP contribution in [0.2, 0.25) is 0 Å². The van der Waals surface area contributed by atoms with E-state index in [0.29, 0.717) is 29.2 Å². The second kappa shape index (κ2) is 31.3. The van der Waals surface area contributed by atoms with Gasteiger partial charge in [0.2, 0.25) is 0 Å². The second-order valence-corrected chi connectivity index (χ2v) is 14.5. The summed E-state index contributed by atoms with van der Waals surface area (Å²) in [5.41, 5.74) is 3.42. The van der Waals surface area contributed by atoms with E-state index >= 15 is 0 Å². The molecule has 0 amide bonds. The van der Waals surface area contributed by atoms with Crippen molar-refractivity contribution in [2.75, 3.05) is 13.2 Å². The normalized spacial score (nSPS) is 10.4. The van der Waals surface area contributed by atoms with Crippen LogP contribution >= 0.6 is 0 Å². The molecule has 57 heavy (non-hydrogen) atoms. The Morgan fingerprint density at radius 1 is 0.439 bits per heavy atom. The molecule has 0 aromatic heterocycles. The second-order valence-electron chi connectivity index (χ2n) is 14.5. The summed E-state index contributed by atoms with van der Waals surface area (Å²) in [6.07, 6.45) is 21.8. The van der Waals surface area contributed by atoms with E-state index in [1.54, 1.807) is 48.5 Å². The Bertz CT molecular complexity index is 1580. The average molecular weight is 783 g/mol. The summed E-state index contributed by atoms with van der Waals surface area (Å²) in [4.78, 5) is 23.0. The predicted molar refractivity (Wildman–Crippen MR) is 234 cm³/mol. The molecule has 4 aromatic carbocycles. The largest absolute Gasteiger partial charge is 0.508 e. The zero-order valence-corrected chi connectivity index (χ0v) is 35.3. The van der Waals surface area contributed by atoms with E-state index in [2.05, 4.69) is 27.7 Å². The number of carbonyl (C=O) groups is 2. The van der Waals surface area contributed by atoms with Crippen molar-refractivity contribution in [2.45, 2.75) is 143 Å². The van der Waals surface area contributed by atoms with Crippen LogP contribution in [0, 0.1) is 0 Å². The highest BCUT2D eigenvalue weighted by molar-refractivity contribution is 5.91. The number of rotatable bonds is 25. The highest BCUT2D eigenvalue weighted by Crippen LogP contribution is 2.19. The van der Waals surface area contributed by atoms with Crippen molar-refractivity contribution in [3.8, 4) is 23.0 Å². The SMILES string of the molecule is CCCCCCCOc1ccc(C(=O)O)cc1.CCCCCCCOc1ccc(C(=O)Oc2ccc(CCCCC)cc2)cc1.CCCCCc1ccc(O)cc1. The monoisotopic (exact) mass is 783 g/mol. The number of ether oxygens (including phenoxy) is 3. The minimum absolute atomic E-state index is 0.292. The smallest absolute Gasteiger partial charge is 0.343 e. The molecule has 0 fully saturated rings. The molecule has 0 atom stereocenters. The van der Waals surface area contributed by atoms with Crippen LogP contribution in [-0.4, -0.2) is 35.4 Å². The minimum Gasteiger partial charge on any atom is -0.508 e. The maximum atomic E-state index is 12.3. The van der Waals surface area contributed by atoms with Crippen LogP contribution < -0.4 is 14.2 Å². The third kappa shape index (κ3) is 23.1. The molecule has 0 spiro atoms. The topological polar surface area (TPSA) is 102 Å². The number of unbranched alkanes of at least 4 members (excludes halogenated alkanes) is 12. The third-order valence-electron chi connectivity index (χ3n) is 9.43. The molecule has 7 heteroatoms. The van der Waals surface area contributed by atoms with E-state index in [4.69, 9.17) is 24.4 Å². The van der Waals surface area contributed by atoms with Crippen LogP contribution in [0.15, 0.2) is 97.1 Å². The average Bonchev–Trinajstić information content (AvgIpc) is 3.23. The van der Waals surface area contributed by atoms with Crippen LogP contribution in [-0.2, 0) is 12.8 Å². The van der Waals surface area contributed by atoms with Gasteiger partial charge in [-0.2, -0.15) is 0 Å². The summed E-state index contributed by atoms with van der Waals surface area (Å²) in [6, 6.07) is 29.0. The molecule has 4 rings (SSSR count). The first-order valence-corrected chi connectivity index (χ1v) is 21.6. The van der Waals surface area contributed by atoms with Crippen LogP contribution in [0.25, 0.3) is 0 Å². The lowest BCUT2D eigenvalue weighted by atomic mass is 10.1. The number of aryl methyl sites for hydroxylation is 2.